The highest BCUT2D eigenvalue weighted by atomic mass is 79.9. The van der Waals surface area contributed by atoms with Crippen molar-refractivity contribution in [3.8, 4) is 0 Å². The maximum atomic E-state index is 12.6. The molecule has 0 fully saturated rings. The first-order valence-electron chi connectivity index (χ1n) is 5.76. The van der Waals surface area contributed by atoms with Crippen LogP contribution in [0.2, 0.25) is 0 Å². The van der Waals surface area contributed by atoms with E-state index in [1.54, 1.807) is 6.07 Å². The predicted molar refractivity (Wildman–Crippen MR) is 85.6 cm³/mol. The number of carbonyl (C=O) groups excluding carboxylic acids is 1. The average molecular weight is 383 g/mol. The van der Waals surface area contributed by atoms with Crippen molar-refractivity contribution < 1.29 is 4.79 Å². The molecule has 0 bridgehead atoms. The third kappa shape index (κ3) is 2.90. The summed E-state index contributed by atoms with van der Waals surface area (Å²) in [5.41, 5.74) is 9.63. The smallest absolute Gasteiger partial charge is 0.196 e. The summed E-state index contributed by atoms with van der Waals surface area (Å²) < 4.78 is 1.68. The van der Waals surface area contributed by atoms with Crippen molar-refractivity contribution in [1.82, 2.24) is 0 Å². The van der Waals surface area contributed by atoms with E-state index in [-0.39, 0.29) is 5.78 Å². The first-order valence-corrected chi connectivity index (χ1v) is 7.35. The number of hydrogen-bond acceptors (Lipinski definition) is 2. The fourth-order valence-electron chi connectivity index (χ4n) is 1.83. The second-order valence-electron chi connectivity index (χ2n) is 4.50. The molecule has 0 heterocycles. The fourth-order valence-corrected chi connectivity index (χ4v) is 2.81. The summed E-state index contributed by atoms with van der Waals surface area (Å²) >= 11 is 6.89. The predicted octanol–water partition coefficient (Wildman–Crippen LogP) is 4.64. The second kappa shape index (κ2) is 5.47. The van der Waals surface area contributed by atoms with Crippen molar-refractivity contribution in [2.45, 2.75) is 13.8 Å². The van der Waals surface area contributed by atoms with E-state index in [1.165, 1.54) is 0 Å². The van der Waals surface area contributed by atoms with Gasteiger partial charge >= 0.3 is 0 Å². The molecule has 0 amide bonds. The first kappa shape index (κ1) is 14.3. The minimum absolute atomic E-state index is 0.0752. The molecule has 2 rings (SSSR count). The number of ketones is 1. The molecular weight excluding hydrogens is 370 g/mol. The topological polar surface area (TPSA) is 43.1 Å². The van der Waals surface area contributed by atoms with Crippen molar-refractivity contribution in [2.24, 2.45) is 0 Å². The van der Waals surface area contributed by atoms with Gasteiger partial charge in [-0.15, -0.1) is 0 Å². The van der Waals surface area contributed by atoms with Gasteiger partial charge in [0.05, 0.1) is 0 Å². The third-order valence-corrected chi connectivity index (χ3v) is 4.46. The highest BCUT2D eigenvalue weighted by molar-refractivity contribution is 9.11. The molecule has 0 aliphatic heterocycles. The maximum Gasteiger partial charge on any atom is 0.196 e. The number of aryl methyl sites for hydroxylation is 2. The van der Waals surface area contributed by atoms with Crippen LogP contribution in [0.5, 0.6) is 0 Å². The molecule has 0 aromatic heterocycles. The fraction of sp³-hybridized carbons (Fsp3) is 0.133. The monoisotopic (exact) mass is 381 g/mol. The first-order chi connectivity index (χ1) is 8.90. The third-order valence-electron chi connectivity index (χ3n) is 2.95. The van der Waals surface area contributed by atoms with E-state index in [0.717, 1.165) is 20.1 Å². The zero-order chi connectivity index (χ0) is 14.2. The molecule has 0 aliphatic rings. The van der Waals surface area contributed by atoms with Crippen molar-refractivity contribution in [2.75, 3.05) is 5.73 Å². The van der Waals surface area contributed by atoms with Crippen LogP contribution in [0.25, 0.3) is 0 Å². The number of halogens is 2. The van der Waals surface area contributed by atoms with Gasteiger partial charge in [-0.1, -0.05) is 43.5 Å². The van der Waals surface area contributed by atoms with Gasteiger partial charge in [0.15, 0.2) is 5.78 Å². The van der Waals surface area contributed by atoms with Crippen LogP contribution in [-0.2, 0) is 0 Å². The second-order valence-corrected chi connectivity index (χ2v) is 6.21. The van der Waals surface area contributed by atoms with E-state index in [1.807, 2.05) is 38.1 Å². The van der Waals surface area contributed by atoms with Gasteiger partial charge in [0.1, 0.15) is 0 Å². The summed E-state index contributed by atoms with van der Waals surface area (Å²) in [4.78, 5) is 12.6. The molecule has 98 valence electrons. The van der Waals surface area contributed by atoms with Crippen LogP contribution in [0, 0.1) is 13.8 Å². The van der Waals surface area contributed by atoms with E-state index in [2.05, 4.69) is 31.9 Å². The molecule has 0 saturated carbocycles. The number of rotatable bonds is 2. The van der Waals surface area contributed by atoms with Crippen LogP contribution in [0.3, 0.4) is 0 Å². The number of nitrogen functional groups attached to an aromatic ring is 1. The quantitative estimate of drug-likeness (QED) is 0.607. The molecule has 2 aromatic rings. The maximum absolute atomic E-state index is 12.6. The zero-order valence-electron chi connectivity index (χ0n) is 10.6. The number of benzene rings is 2. The zero-order valence-corrected chi connectivity index (χ0v) is 13.8. The van der Waals surface area contributed by atoms with Crippen molar-refractivity contribution >= 4 is 43.3 Å². The van der Waals surface area contributed by atoms with Crippen LogP contribution in [0.15, 0.2) is 39.3 Å². The van der Waals surface area contributed by atoms with Gasteiger partial charge < -0.3 is 5.73 Å². The molecule has 19 heavy (non-hydrogen) atoms. The molecule has 0 radical (unpaired) electrons. The van der Waals surface area contributed by atoms with E-state index >= 15 is 0 Å². The Labute approximate surface area is 129 Å². The van der Waals surface area contributed by atoms with Crippen LogP contribution < -0.4 is 5.73 Å². The summed E-state index contributed by atoms with van der Waals surface area (Å²) in [5, 5.41) is 0. The Bertz CT molecular complexity index is 665. The molecule has 0 saturated heterocycles. The van der Waals surface area contributed by atoms with Crippen LogP contribution in [-0.4, -0.2) is 5.78 Å². The van der Waals surface area contributed by atoms with Gasteiger partial charge in [-0.2, -0.15) is 0 Å². The molecule has 0 atom stereocenters. The minimum Gasteiger partial charge on any atom is -0.398 e. The largest absolute Gasteiger partial charge is 0.398 e. The van der Waals surface area contributed by atoms with Gasteiger partial charge in [-0.25, -0.2) is 0 Å². The lowest BCUT2D eigenvalue weighted by molar-refractivity contribution is 0.103. The van der Waals surface area contributed by atoms with Gasteiger partial charge in [-0.3, -0.25) is 4.79 Å². The molecule has 0 spiro atoms. The Morgan fingerprint density at radius 3 is 2.37 bits per heavy atom. The molecule has 0 aliphatic carbocycles. The molecule has 4 heteroatoms. The highest BCUT2D eigenvalue weighted by Gasteiger charge is 2.16. The Morgan fingerprint density at radius 1 is 1.00 bits per heavy atom. The number of carbonyl (C=O) groups is 1. The number of hydrogen-bond donors (Lipinski definition) is 1. The van der Waals surface area contributed by atoms with Gasteiger partial charge in [-0.05, 0) is 43.7 Å². The van der Waals surface area contributed by atoms with Crippen molar-refractivity contribution in [3.05, 3.63) is 61.5 Å². The van der Waals surface area contributed by atoms with Crippen LogP contribution in [0.1, 0.15) is 27.0 Å². The summed E-state index contributed by atoms with van der Waals surface area (Å²) in [7, 11) is 0. The van der Waals surface area contributed by atoms with Crippen molar-refractivity contribution in [1.29, 1.82) is 0 Å². The van der Waals surface area contributed by atoms with Gasteiger partial charge in [0.25, 0.3) is 0 Å². The van der Waals surface area contributed by atoms with Gasteiger partial charge in [0, 0.05) is 25.8 Å². The standard InChI is InChI=1S/C15H13Br2NO/c1-8-3-4-14(18)11(5-8)15(19)10-7-12(16)9(2)6-13(10)17/h3-7H,18H2,1-2H3. The van der Waals surface area contributed by atoms with E-state index < -0.39 is 0 Å². The van der Waals surface area contributed by atoms with E-state index in [9.17, 15) is 4.79 Å². The van der Waals surface area contributed by atoms with E-state index in [0.29, 0.717) is 16.8 Å². The lowest BCUT2D eigenvalue weighted by Gasteiger charge is -2.09. The molecule has 2 aromatic carbocycles. The normalized spacial score (nSPS) is 10.5. The summed E-state index contributed by atoms with van der Waals surface area (Å²) in [6.45, 7) is 3.92. The highest BCUT2D eigenvalue weighted by Crippen LogP contribution is 2.28. The lowest BCUT2D eigenvalue weighted by atomic mass is 9.99. The molecule has 0 unspecified atom stereocenters. The summed E-state index contributed by atoms with van der Waals surface area (Å²) in [6, 6.07) is 9.22. The molecule has 2 nitrogen and oxygen atoms in total. The minimum atomic E-state index is -0.0752. The van der Waals surface area contributed by atoms with Crippen LogP contribution in [0.4, 0.5) is 5.69 Å². The molecule has 2 N–H and O–H groups in total. The lowest BCUT2D eigenvalue weighted by Crippen LogP contribution is -2.07. The van der Waals surface area contributed by atoms with E-state index in [4.69, 9.17) is 5.73 Å². The Kier molecular flexibility index (Phi) is 4.11. The Hall–Kier alpha value is -1.13. The Balaban J connectivity index is 2.56. The summed E-state index contributed by atoms with van der Waals surface area (Å²) in [6.07, 6.45) is 0. The van der Waals surface area contributed by atoms with Crippen molar-refractivity contribution in [3.63, 3.8) is 0 Å². The molecular formula is C15H13Br2NO. The average Bonchev–Trinajstić information content (AvgIpc) is 2.36. The summed E-state index contributed by atoms with van der Waals surface area (Å²) in [5.74, 6) is -0.0752. The number of anilines is 1. The number of nitrogens with two attached hydrogens (primary N) is 1. The van der Waals surface area contributed by atoms with Gasteiger partial charge in [0.2, 0.25) is 0 Å². The SMILES string of the molecule is Cc1ccc(N)c(C(=O)c2cc(Br)c(C)cc2Br)c1. The Morgan fingerprint density at radius 2 is 1.68 bits per heavy atom. The van der Waals surface area contributed by atoms with Crippen LogP contribution >= 0.6 is 31.9 Å².